The predicted molar refractivity (Wildman–Crippen MR) is 74.1 cm³/mol. The highest BCUT2D eigenvalue weighted by Gasteiger charge is 2.38. The number of urea groups is 1. The van der Waals surface area contributed by atoms with E-state index in [0.717, 1.165) is 12.8 Å². The number of likely N-dealkylation sites (tertiary alicyclic amines) is 1. The summed E-state index contributed by atoms with van der Waals surface area (Å²) in [5.74, 6) is -0.765. The van der Waals surface area contributed by atoms with E-state index in [4.69, 9.17) is 5.11 Å². The maximum Gasteiger partial charge on any atom is 0.317 e. The smallest absolute Gasteiger partial charge is 0.317 e. The molecule has 0 aromatic carbocycles. The molecule has 110 valence electrons. The van der Waals surface area contributed by atoms with E-state index in [9.17, 15) is 9.59 Å². The summed E-state index contributed by atoms with van der Waals surface area (Å²) in [5, 5.41) is 12.2. The van der Waals surface area contributed by atoms with Gasteiger partial charge in [-0.1, -0.05) is 13.3 Å². The molecule has 19 heavy (non-hydrogen) atoms. The molecule has 0 unspecified atom stereocenters. The van der Waals surface area contributed by atoms with E-state index in [1.165, 1.54) is 0 Å². The Kier molecular flexibility index (Phi) is 4.82. The molecule has 0 radical (unpaired) electrons. The van der Waals surface area contributed by atoms with Crippen molar-refractivity contribution in [3.05, 3.63) is 0 Å². The standard InChI is InChI=1S/C14H26N2O3/c1-5-6-13(2,3)15-12(19)16-9-7-14(4,8-10-16)11(17)18/h5-10H2,1-4H3,(H,15,19)(H,17,18). The van der Waals surface area contributed by atoms with Crippen LogP contribution in [0.1, 0.15) is 53.4 Å². The van der Waals surface area contributed by atoms with Crippen molar-refractivity contribution in [2.75, 3.05) is 13.1 Å². The van der Waals surface area contributed by atoms with Crippen molar-refractivity contribution in [3.63, 3.8) is 0 Å². The van der Waals surface area contributed by atoms with Gasteiger partial charge in [-0.25, -0.2) is 4.79 Å². The Labute approximate surface area is 115 Å². The molecule has 1 saturated heterocycles. The Bertz CT molecular complexity index is 345. The van der Waals surface area contributed by atoms with Crippen molar-refractivity contribution in [2.24, 2.45) is 5.41 Å². The van der Waals surface area contributed by atoms with Crippen molar-refractivity contribution in [3.8, 4) is 0 Å². The number of hydrogen-bond acceptors (Lipinski definition) is 2. The van der Waals surface area contributed by atoms with E-state index in [2.05, 4.69) is 12.2 Å². The van der Waals surface area contributed by atoms with Gasteiger partial charge < -0.3 is 15.3 Å². The van der Waals surface area contributed by atoms with Crippen LogP contribution < -0.4 is 5.32 Å². The lowest BCUT2D eigenvalue weighted by Gasteiger charge is -2.38. The third kappa shape index (κ3) is 4.11. The zero-order valence-electron chi connectivity index (χ0n) is 12.5. The van der Waals surface area contributed by atoms with Crippen LogP contribution in [0.5, 0.6) is 0 Å². The zero-order chi connectivity index (χ0) is 14.7. The maximum absolute atomic E-state index is 12.1. The Balaban J connectivity index is 2.52. The van der Waals surface area contributed by atoms with E-state index < -0.39 is 11.4 Å². The molecule has 0 spiro atoms. The van der Waals surface area contributed by atoms with Crippen LogP contribution >= 0.6 is 0 Å². The average Bonchev–Trinajstić information content (AvgIpc) is 2.28. The predicted octanol–water partition coefficient (Wildman–Crippen LogP) is 2.46. The van der Waals surface area contributed by atoms with Crippen LogP contribution in [-0.2, 0) is 4.79 Å². The van der Waals surface area contributed by atoms with E-state index >= 15 is 0 Å². The normalized spacial score (nSPS) is 19.1. The van der Waals surface area contributed by atoms with Gasteiger partial charge in [0.25, 0.3) is 0 Å². The zero-order valence-corrected chi connectivity index (χ0v) is 12.5. The summed E-state index contributed by atoms with van der Waals surface area (Å²) in [4.78, 5) is 25.0. The highest BCUT2D eigenvalue weighted by molar-refractivity contribution is 5.77. The topological polar surface area (TPSA) is 69.6 Å². The van der Waals surface area contributed by atoms with Gasteiger partial charge in [-0.15, -0.1) is 0 Å². The van der Waals surface area contributed by atoms with E-state index in [0.29, 0.717) is 25.9 Å². The largest absolute Gasteiger partial charge is 0.481 e. The minimum atomic E-state index is -0.765. The summed E-state index contributed by atoms with van der Waals surface area (Å²) in [7, 11) is 0. The molecular weight excluding hydrogens is 244 g/mol. The second-order valence-electron chi connectivity index (χ2n) is 6.42. The minimum Gasteiger partial charge on any atom is -0.481 e. The number of carboxylic acids is 1. The molecule has 0 atom stereocenters. The molecule has 1 heterocycles. The fraction of sp³-hybridized carbons (Fsp3) is 0.857. The van der Waals surface area contributed by atoms with Gasteiger partial charge in [-0.3, -0.25) is 4.79 Å². The quantitative estimate of drug-likeness (QED) is 0.824. The second kappa shape index (κ2) is 5.80. The van der Waals surface area contributed by atoms with Crippen LogP contribution in [0, 0.1) is 5.41 Å². The number of piperidine rings is 1. The van der Waals surface area contributed by atoms with Crippen molar-refractivity contribution in [2.45, 2.75) is 58.9 Å². The van der Waals surface area contributed by atoms with Crippen LogP contribution in [0.25, 0.3) is 0 Å². The molecule has 1 rings (SSSR count). The van der Waals surface area contributed by atoms with Gasteiger partial charge in [-0.05, 0) is 40.0 Å². The van der Waals surface area contributed by atoms with Gasteiger partial charge >= 0.3 is 12.0 Å². The summed E-state index contributed by atoms with van der Waals surface area (Å²) in [5.41, 5.74) is -0.894. The maximum atomic E-state index is 12.1. The summed E-state index contributed by atoms with van der Waals surface area (Å²) in [6.07, 6.45) is 2.98. The number of carboxylic acid groups (broad SMARTS) is 1. The van der Waals surface area contributed by atoms with Crippen molar-refractivity contribution < 1.29 is 14.7 Å². The first-order valence-corrected chi connectivity index (χ1v) is 7.01. The van der Waals surface area contributed by atoms with Crippen molar-refractivity contribution in [1.29, 1.82) is 0 Å². The molecule has 0 bridgehead atoms. The first-order chi connectivity index (χ1) is 8.70. The number of hydrogen-bond donors (Lipinski definition) is 2. The highest BCUT2D eigenvalue weighted by Crippen LogP contribution is 2.31. The summed E-state index contributed by atoms with van der Waals surface area (Å²) >= 11 is 0. The number of amides is 2. The summed E-state index contributed by atoms with van der Waals surface area (Å²) < 4.78 is 0. The molecule has 2 N–H and O–H groups in total. The second-order valence-corrected chi connectivity index (χ2v) is 6.42. The first kappa shape index (κ1) is 15.8. The molecule has 0 aliphatic carbocycles. The van der Waals surface area contributed by atoms with E-state index in [1.807, 2.05) is 13.8 Å². The Morgan fingerprint density at radius 3 is 2.26 bits per heavy atom. The molecule has 1 aliphatic heterocycles. The molecule has 5 heteroatoms. The van der Waals surface area contributed by atoms with Gasteiger partial charge in [0.05, 0.1) is 5.41 Å². The highest BCUT2D eigenvalue weighted by atomic mass is 16.4. The average molecular weight is 270 g/mol. The Morgan fingerprint density at radius 1 is 1.32 bits per heavy atom. The number of rotatable bonds is 4. The third-order valence-electron chi connectivity index (χ3n) is 3.99. The Hall–Kier alpha value is -1.26. The van der Waals surface area contributed by atoms with Gasteiger partial charge in [-0.2, -0.15) is 0 Å². The Morgan fingerprint density at radius 2 is 1.84 bits per heavy atom. The summed E-state index contributed by atoms with van der Waals surface area (Å²) in [6.45, 7) is 8.89. The molecule has 5 nitrogen and oxygen atoms in total. The minimum absolute atomic E-state index is 0.0779. The van der Waals surface area contributed by atoms with Crippen LogP contribution in [-0.4, -0.2) is 40.6 Å². The lowest BCUT2D eigenvalue weighted by atomic mass is 9.80. The first-order valence-electron chi connectivity index (χ1n) is 7.01. The monoisotopic (exact) mass is 270 g/mol. The van der Waals surface area contributed by atoms with Crippen LogP contribution in [0.3, 0.4) is 0 Å². The number of nitrogens with one attached hydrogen (secondary N) is 1. The summed E-state index contributed by atoms with van der Waals surface area (Å²) in [6, 6.07) is -0.0779. The molecule has 1 aliphatic rings. The lowest BCUT2D eigenvalue weighted by Crippen LogP contribution is -2.53. The number of nitrogens with zero attached hydrogens (tertiary/aromatic N) is 1. The number of carbonyl (C=O) groups is 2. The molecule has 0 aromatic heterocycles. The van der Waals surface area contributed by atoms with Gasteiger partial charge in [0.15, 0.2) is 0 Å². The molecule has 0 saturated carbocycles. The number of carbonyl (C=O) groups excluding carboxylic acids is 1. The lowest BCUT2D eigenvalue weighted by molar-refractivity contribution is -0.150. The van der Waals surface area contributed by atoms with Crippen molar-refractivity contribution >= 4 is 12.0 Å². The van der Waals surface area contributed by atoms with Crippen LogP contribution in [0.15, 0.2) is 0 Å². The SMILES string of the molecule is CCCC(C)(C)NC(=O)N1CCC(C)(C(=O)O)CC1. The molecule has 2 amide bonds. The van der Waals surface area contributed by atoms with Crippen LogP contribution in [0.2, 0.25) is 0 Å². The molecule has 1 fully saturated rings. The van der Waals surface area contributed by atoms with Crippen LogP contribution in [0.4, 0.5) is 4.79 Å². The van der Waals surface area contributed by atoms with Crippen molar-refractivity contribution in [1.82, 2.24) is 10.2 Å². The van der Waals surface area contributed by atoms with Gasteiger partial charge in [0.1, 0.15) is 0 Å². The van der Waals surface area contributed by atoms with Gasteiger partial charge in [0.2, 0.25) is 0 Å². The fourth-order valence-electron chi connectivity index (χ4n) is 2.47. The number of aliphatic carboxylic acids is 1. The van der Waals surface area contributed by atoms with E-state index in [1.54, 1.807) is 11.8 Å². The van der Waals surface area contributed by atoms with E-state index in [-0.39, 0.29) is 11.6 Å². The van der Waals surface area contributed by atoms with Gasteiger partial charge in [0, 0.05) is 18.6 Å². The molecule has 0 aromatic rings. The molecular formula is C14H26N2O3. The third-order valence-corrected chi connectivity index (χ3v) is 3.99. The fourth-order valence-corrected chi connectivity index (χ4v) is 2.47.